The van der Waals surface area contributed by atoms with Crippen molar-refractivity contribution >= 4 is 5.91 Å². The number of ether oxygens (including phenoxy) is 1. The highest BCUT2D eigenvalue weighted by molar-refractivity contribution is 5.94. The molecule has 0 saturated carbocycles. The number of carbonyl (C=O) groups is 1. The molecule has 0 bridgehead atoms. The lowest BCUT2D eigenvalue weighted by Crippen LogP contribution is -2.29. The highest BCUT2D eigenvalue weighted by Crippen LogP contribution is 2.21. The van der Waals surface area contributed by atoms with Gasteiger partial charge in [0.2, 0.25) is 0 Å². The summed E-state index contributed by atoms with van der Waals surface area (Å²) < 4.78 is 18.3. The zero-order valence-electron chi connectivity index (χ0n) is 15.6. The van der Waals surface area contributed by atoms with Gasteiger partial charge in [-0.25, -0.2) is 4.39 Å². The summed E-state index contributed by atoms with van der Waals surface area (Å²) in [6.07, 6.45) is 2.97. The Morgan fingerprint density at radius 2 is 1.65 bits per heavy atom. The fourth-order valence-corrected chi connectivity index (χ4v) is 1.90. The van der Waals surface area contributed by atoms with E-state index in [0.29, 0.717) is 17.1 Å². The van der Waals surface area contributed by atoms with Gasteiger partial charge in [-0.2, -0.15) is 0 Å². The number of hydrogen-bond donors (Lipinski definition) is 2. The lowest BCUT2D eigenvalue weighted by molar-refractivity contribution is 0.0943. The molecule has 0 unspecified atom stereocenters. The van der Waals surface area contributed by atoms with E-state index in [2.05, 4.69) is 17.2 Å². The Bertz CT molecular complexity index is 667. The Morgan fingerprint density at radius 3 is 2.08 bits per heavy atom. The third kappa shape index (κ3) is 8.44. The molecule has 2 aromatic rings. The molecule has 0 aliphatic rings. The maximum Gasteiger partial charge on any atom is 0.251 e. The van der Waals surface area contributed by atoms with Crippen LogP contribution < -0.4 is 15.4 Å². The molecule has 0 saturated heterocycles. The first-order valence-corrected chi connectivity index (χ1v) is 8.56. The number of halogens is 1. The molecule has 0 aliphatic carbocycles. The lowest BCUT2D eigenvalue weighted by atomic mass is 10.2. The molecule has 0 heterocycles. The van der Waals surface area contributed by atoms with Crippen LogP contribution in [-0.4, -0.2) is 25.5 Å². The molecular weight excluding hydrogens is 331 g/mol. The lowest BCUT2D eigenvalue weighted by Gasteiger charge is -2.09. The fraction of sp³-hybridized carbons (Fsp3) is 0.286. The van der Waals surface area contributed by atoms with Gasteiger partial charge < -0.3 is 15.4 Å². The Morgan fingerprint density at radius 1 is 1.12 bits per heavy atom. The molecule has 2 N–H and O–H groups in total. The van der Waals surface area contributed by atoms with E-state index < -0.39 is 0 Å². The van der Waals surface area contributed by atoms with Crippen LogP contribution in [0.15, 0.2) is 61.2 Å². The third-order valence-electron chi connectivity index (χ3n) is 3.18. The van der Waals surface area contributed by atoms with Gasteiger partial charge in [0, 0.05) is 11.6 Å². The van der Waals surface area contributed by atoms with Gasteiger partial charge in [0.15, 0.2) is 0 Å². The van der Waals surface area contributed by atoms with Crippen LogP contribution in [0, 0.1) is 5.82 Å². The number of hydrogen-bond acceptors (Lipinski definition) is 3. The van der Waals surface area contributed by atoms with Crippen LogP contribution in [0.3, 0.4) is 0 Å². The maximum absolute atomic E-state index is 12.8. The molecule has 0 aliphatic heterocycles. The number of benzene rings is 2. The molecule has 4 nitrogen and oxygen atoms in total. The maximum atomic E-state index is 12.8. The Labute approximate surface area is 155 Å². The number of rotatable bonds is 7. The van der Waals surface area contributed by atoms with Crippen molar-refractivity contribution in [2.24, 2.45) is 0 Å². The van der Waals surface area contributed by atoms with Crippen LogP contribution in [0.4, 0.5) is 4.39 Å². The van der Waals surface area contributed by atoms with Crippen molar-refractivity contribution in [3.8, 4) is 11.5 Å². The molecule has 140 valence electrons. The van der Waals surface area contributed by atoms with Crippen molar-refractivity contribution in [3.05, 3.63) is 72.6 Å². The van der Waals surface area contributed by atoms with E-state index >= 15 is 0 Å². The monoisotopic (exact) mass is 358 g/mol. The first kappa shape index (κ1) is 21.4. The van der Waals surface area contributed by atoms with Crippen LogP contribution in [-0.2, 0) is 0 Å². The zero-order chi connectivity index (χ0) is 19.4. The van der Waals surface area contributed by atoms with Crippen molar-refractivity contribution in [1.29, 1.82) is 0 Å². The van der Waals surface area contributed by atoms with Crippen molar-refractivity contribution in [3.63, 3.8) is 0 Å². The quantitative estimate of drug-likeness (QED) is 0.564. The SMILES string of the molecule is C=CCCNC.CC(C)NC(=O)c1ccc(Oc2ccc(F)cc2)cc1. The highest BCUT2D eigenvalue weighted by Gasteiger charge is 2.07. The van der Waals surface area contributed by atoms with E-state index in [-0.39, 0.29) is 17.8 Å². The van der Waals surface area contributed by atoms with Gasteiger partial charge in [-0.1, -0.05) is 6.08 Å². The molecule has 1 amide bonds. The number of amides is 1. The van der Waals surface area contributed by atoms with E-state index in [1.54, 1.807) is 36.4 Å². The Hall–Kier alpha value is -2.66. The topological polar surface area (TPSA) is 50.4 Å². The largest absolute Gasteiger partial charge is 0.457 e. The van der Waals surface area contributed by atoms with Gasteiger partial charge in [-0.3, -0.25) is 4.79 Å². The second-order valence-electron chi connectivity index (χ2n) is 5.89. The molecule has 0 radical (unpaired) electrons. The smallest absolute Gasteiger partial charge is 0.251 e. The minimum absolute atomic E-state index is 0.0950. The summed E-state index contributed by atoms with van der Waals surface area (Å²) in [5.41, 5.74) is 0.574. The van der Waals surface area contributed by atoms with Gasteiger partial charge in [0.25, 0.3) is 5.91 Å². The average molecular weight is 358 g/mol. The average Bonchev–Trinajstić information content (AvgIpc) is 2.62. The van der Waals surface area contributed by atoms with Crippen LogP contribution in [0.5, 0.6) is 11.5 Å². The normalized spacial score (nSPS) is 9.88. The van der Waals surface area contributed by atoms with Crippen molar-refractivity contribution in [1.82, 2.24) is 10.6 Å². The first-order chi connectivity index (χ1) is 12.5. The molecular formula is C21H27FN2O2. The minimum atomic E-state index is -0.307. The highest BCUT2D eigenvalue weighted by atomic mass is 19.1. The second kappa shape index (κ2) is 11.8. The van der Waals surface area contributed by atoms with E-state index in [0.717, 1.165) is 13.0 Å². The van der Waals surface area contributed by atoms with Crippen LogP contribution in [0.1, 0.15) is 30.6 Å². The number of nitrogens with one attached hydrogen (secondary N) is 2. The first-order valence-electron chi connectivity index (χ1n) is 8.56. The molecule has 26 heavy (non-hydrogen) atoms. The second-order valence-corrected chi connectivity index (χ2v) is 5.89. The summed E-state index contributed by atoms with van der Waals surface area (Å²) in [6.45, 7) is 8.42. The summed E-state index contributed by atoms with van der Waals surface area (Å²) in [5, 5.41) is 5.81. The molecule has 0 spiro atoms. The van der Waals surface area contributed by atoms with Gasteiger partial charge >= 0.3 is 0 Å². The summed E-state index contributed by atoms with van der Waals surface area (Å²) >= 11 is 0. The molecule has 0 fully saturated rings. The predicted octanol–water partition coefficient (Wildman–Crippen LogP) is 4.54. The number of carbonyl (C=O) groups excluding carboxylic acids is 1. The van der Waals surface area contributed by atoms with Crippen LogP contribution >= 0.6 is 0 Å². The molecule has 2 aromatic carbocycles. The van der Waals surface area contributed by atoms with Crippen molar-refractivity contribution in [2.75, 3.05) is 13.6 Å². The van der Waals surface area contributed by atoms with Crippen LogP contribution in [0.25, 0.3) is 0 Å². The third-order valence-corrected chi connectivity index (χ3v) is 3.18. The summed E-state index contributed by atoms with van der Waals surface area (Å²) in [4.78, 5) is 11.8. The minimum Gasteiger partial charge on any atom is -0.457 e. The van der Waals surface area contributed by atoms with E-state index in [9.17, 15) is 9.18 Å². The van der Waals surface area contributed by atoms with E-state index in [1.807, 2.05) is 27.0 Å². The van der Waals surface area contributed by atoms with E-state index in [1.165, 1.54) is 12.1 Å². The van der Waals surface area contributed by atoms with E-state index in [4.69, 9.17) is 4.74 Å². The molecule has 2 rings (SSSR count). The predicted molar refractivity (Wildman–Crippen MR) is 104 cm³/mol. The summed E-state index contributed by atoms with van der Waals surface area (Å²) in [7, 11) is 1.93. The summed E-state index contributed by atoms with van der Waals surface area (Å²) in [5.74, 6) is 0.717. The van der Waals surface area contributed by atoms with Gasteiger partial charge in [-0.05, 0) is 82.4 Å². The van der Waals surface area contributed by atoms with Gasteiger partial charge in [0.1, 0.15) is 17.3 Å². The molecule has 0 atom stereocenters. The van der Waals surface area contributed by atoms with Crippen molar-refractivity contribution < 1.29 is 13.9 Å². The summed E-state index contributed by atoms with van der Waals surface area (Å²) in [6, 6.07) is 12.7. The molecule has 0 aromatic heterocycles. The fourth-order valence-electron chi connectivity index (χ4n) is 1.90. The Balaban J connectivity index is 0.000000487. The molecule has 5 heteroatoms. The van der Waals surface area contributed by atoms with Gasteiger partial charge in [-0.15, -0.1) is 6.58 Å². The standard InChI is InChI=1S/C16H16FNO2.C5H11N/c1-11(2)18-16(19)12-3-7-14(8-4-12)20-15-9-5-13(17)6-10-15;1-3-4-5-6-2/h3-11H,1-2H3,(H,18,19);3,6H,1,4-5H2,2H3. The Kier molecular flexibility index (Phi) is 9.72. The van der Waals surface area contributed by atoms with Crippen LogP contribution in [0.2, 0.25) is 0 Å². The van der Waals surface area contributed by atoms with Gasteiger partial charge in [0.05, 0.1) is 0 Å². The zero-order valence-corrected chi connectivity index (χ0v) is 15.6. The van der Waals surface area contributed by atoms with Crippen molar-refractivity contribution in [2.45, 2.75) is 26.3 Å².